The Morgan fingerprint density at radius 1 is 0.767 bits per heavy atom. The number of Topliss-reactive ketones (excluding diaryl/α,β-unsaturated/α-hetero) is 1. The van der Waals surface area contributed by atoms with Gasteiger partial charge >= 0.3 is 12.2 Å². The molecule has 0 unspecified atom stereocenters. The lowest BCUT2D eigenvalue weighted by molar-refractivity contribution is -0.120. The molecular formula is C22H40N2O6. The van der Waals surface area contributed by atoms with Gasteiger partial charge in [-0.25, -0.2) is 9.59 Å². The lowest BCUT2D eigenvalue weighted by Gasteiger charge is -2.21. The summed E-state index contributed by atoms with van der Waals surface area (Å²) >= 11 is 0. The highest BCUT2D eigenvalue weighted by Crippen LogP contribution is 2.26. The Morgan fingerprint density at radius 2 is 1.20 bits per heavy atom. The molecule has 8 heteroatoms. The fraction of sp³-hybridized carbons (Fsp3) is 0.864. The zero-order chi connectivity index (χ0) is 23.1. The van der Waals surface area contributed by atoms with Crippen molar-refractivity contribution in [2.45, 2.75) is 116 Å². The van der Waals surface area contributed by atoms with Crippen LogP contribution in [-0.4, -0.2) is 52.5 Å². The van der Waals surface area contributed by atoms with Gasteiger partial charge in [0.15, 0.2) is 0 Å². The molecule has 0 spiro atoms. The summed E-state index contributed by atoms with van der Waals surface area (Å²) in [6.45, 7) is 12.6. The number of alkyl carbamates (subject to hydrolysis) is 2. The van der Waals surface area contributed by atoms with E-state index in [2.05, 4.69) is 10.6 Å². The van der Waals surface area contributed by atoms with Gasteiger partial charge < -0.3 is 25.2 Å². The average Bonchev–Trinajstić information content (AvgIpc) is 3.13. The first-order valence-corrected chi connectivity index (χ1v) is 10.8. The first-order chi connectivity index (χ1) is 13.6. The number of ether oxygens (including phenoxy) is 2. The number of amides is 2. The molecule has 0 saturated heterocycles. The first-order valence-electron chi connectivity index (χ1n) is 10.8. The standard InChI is InChI=1S/C12H21NO3.C10H19NO3/c1-8(14)9-5-6-10(7-9)13-11(15)16-12(2,3)4;1-10(2,3)14-9(13)11-7-4-5-8(12)6-7/h9-10H,5-7H2,1-4H3,(H,13,15);7-8,12H,4-6H2,1-3H3,(H,11,13)/t9-,10+;7-,8+/m10/s1. The van der Waals surface area contributed by atoms with Gasteiger partial charge in [-0.05, 0) is 87.0 Å². The molecular weight excluding hydrogens is 388 g/mol. The van der Waals surface area contributed by atoms with E-state index in [0.29, 0.717) is 6.42 Å². The van der Waals surface area contributed by atoms with Crippen LogP contribution in [0.4, 0.5) is 9.59 Å². The van der Waals surface area contributed by atoms with E-state index >= 15 is 0 Å². The summed E-state index contributed by atoms with van der Waals surface area (Å²) in [5.74, 6) is 0.327. The zero-order valence-corrected chi connectivity index (χ0v) is 19.5. The Bertz CT molecular complexity index is 593. The van der Waals surface area contributed by atoms with Crippen LogP contribution in [0.5, 0.6) is 0 Å². The molecule has 2 aliphatic carbocycles. The lowest BCUT2D eigenvalue weighted by atomic mass is 10.0. The largest absolute Gasteiger partial charge is 0.444 e. The van der Waals surface area contributed by atoms with Crippen LogP contribution in [0.1, 0.15) is 87.0 Å². The molecule has 2 aliphatic rings. The summed E-state index contributed by atoms with van der Waals surface area (Å²) in [5, 5.41) is 14.8. The molecule has 0 heterocycles. The number of ketones is 1. The fourth-order valence-corrected chi connectivity index (χ4v) is 3.52. The Hall–Kier alpha value is -1.83. The molecule has 0 bridgehead atoms. The highest BCUT2D eigenvalue weighted by Gasteiger charge is 2.30. The Balaban J connectivity index is 0.000000303. The number of hydrogen-bond acceptors (Lipinski definition) is 6. The van der Waals surface area contributed by atoms with E-state index < -0.39 is 17.3 Å². The van der Waals surface area contributed by atoms with Crippen LogP contribution in [-0.2, 0) is 14.3 Å². The second kappa shape index (κ2) is 11.0. The van der Waals surface area contributed by atoms with Crippen LogP contribution >= 0.6 is 0 Å². The van der Waals surface area contributed by atoms with Crippen molar-refractivity contribution in [2.75, 3.05) is 0 Å². The summed E-state index contributed by atoms with van der Waals surface area (Å²) in [6, 6.07) is 0.156. The van der Waals surface area contributed by atoms with Crippen molar-refractivity contribution in [3.63, 3.8) is 0 Å². The number of aliphatic hydroxyl groups excluding tert-OH is 1. The normalized spacial score (nSPS) is 26.3. The van der Waals surface area contributed by atoms with Gasteiger partial charge in [0, 0.05) is 18.0 Å². The molecule has 3 N–H and O–H groups in total. The van der Waals surface area contributed by atoms with E-state index in [-0.39, 0.29) is 36.0 Å². The number of aliphatic hydroxyl groups is 1. The van der Waals surface area contributed by atoms with Crippen molar-refractivity contribution in [1.29, 1.82) is 0 Å². The third-order valence-corrected chi connectivity index (χ3v) is 4.85. The maximum Gasteiger partial charge on any atom is 0.407 e. The van der Waals surface area contributed by atoms with Crippen molar-refractivity contribution >= 4 is 18.0 Å². The van der Waals surface area contributed by atoms with E-state index in [4.69, 9.17) is 9.47 Å². The molecule has 2 amide bonds. The van der Waals surface area contributed by atoms with Crippen molar-refractivity contribution in [3.8, 4) is 0 Å². The molecule has 2 fully saturated rings. The maximum atomic E-state index is 11.5. The second-order valence-electron chi connectivity index (χ2n) is 10.3. The van der Waals surface area contributed by atoms with E-state index in [0.717, 1.165) is 32.1 Å². The number of rotatable bonds is 3. The minimum atomic E-state index is -0.470. The van der Waals surface area contributed by atoms with Crippen LogP contribution in [0.3, 0.4) is 0 Å². The first kappa shape index (κ1) is 26.2. The van der Waals surface area contributed by atoms with E-state index in [1.807, 2.05) is 41.5 Å². The van der Waals surface area contributed by atoms with E-state index in [9.17, 15) is 19.5 Å². The van der Waals surface area contributed by atoms with Gasteiger partial charge in [0.05, 0.1) is 6.10 Å². The Kier molecular flexibility index (Phi) is 9.59. The van der Waals surface area contributed by atoms with Gasteiger partial charge in [0.2, 0.25) is 0 Å². The predicted octanol–water partition coefficient (Wildman–Crippen LogP) is 3.69. The van der Waals surface area contributed by atoms with Crippen molar-refractivity contribution in [3.05, 3.63) is 0 Å². The smallest absolute Gasteiger partial charge is 0.407 e. The molecule has 30 heavy (non-hydrogen) atoms. The topological polar surface area (TPSA) is 114 Å². The second-order valence-corrected chi connectivity index (χ2v) is 10.3. The van der Waals surface area contributed by atoms with Crippen LogP contribution in [0, 0.1) is 5.92 Å². The van der Waals surface area contributed by atoms with Gasteiger partial charge in [-0.15, -0.1) is 0 Å². The number of carbonyl (C=O) groups is 3. The molecule has 8 nitrogen and oxygen atoms in total. The quantitative estimate of drug-likeness (QED) is 0.632. The van der Waals surface area contributed by atoms with Crippen LogP contribution in [0.15, 0.2) is 0 Å². The van der Waals surface area contributed by atoms with Crippen LogP contribution in [0.2, 0.25) is 0 Å². The summed E-state index contributed by atoms with van der Waals surface area (Å²) in [5.41, 5.74) is -0.927. The molecule has 4 atom stereocenters. The number of carbonyl (C=O) groups excluding carboxylic acids is 3. The molecule has 0 aromatic heterocycles. The third-order valence-electron chi connectivity index (χ3n) is 4.85. The fourth-order valence-electron chi connectivity index (χ4n) is 3.52. The Morgan fingerprint density at radius 3 is 1.53 bits per heavy atom. The molecule has 0 aromatic rings. The highest BCUT2D eigenvalue weighted by atomic mass is 16.6. The van der Waals surface area contributed by atoms with Gasteiger partial charge in [-0.2, -0.15) is 0 Å². The van der Waals surface area contributed by atoms with E-state index in [1.54, 1.807) is 6.92 Å². The summed E-state index contributed by atoms with van der Waals surface area (Å²) < 4.78 is 10.3. The third kappa shape index (κ3) is 11.4. The number of hydrogen-bond donors (Lipinski definition) is 3. The zero-order valence-electron chi connectivity index (χ0n) is 19.5. The molecule has 0 radical (unpaired) electrons. The summed E-state index contributed by atoms with van der Waals surface area (Å²) in [7, 11) is 0. The molecule has 174 valence electrons. The minimum absolute atomic E-state index is 0.0693. The average molecular weight is 429 g/mol. The van der Waals surface area contributed by atoms with Gasteiger partial charge in [-0.3, -0.25) is 4.79 Å². The van der Waals surface area contributed by atoms with Gasteiger partial charge in [-0.1, -0.05) is 0 Å². The molecule has 0 aromatic carbocycles. The molecule has 2 saturated carbocycles. The van der Waals surface area contributed by atoms with Crippen LogP contribution in [0.25, 0.3) is 0 Å². The van der Waals surface area contributed by atoms with Gasteiger partial charge in [0.25, 0.3) is 0 Å². The summed E-state index contributed by atoms with van der Waals surface area (Å²) in [6.07, 6.45) is 3.67. The summed E-state index contributed by atoms with van der Waals surface area (Å²) in [4.78, 5) is 33.9. The Labute approximate surface area is 180 Å². The van der Waals surface area contributed by atoms with Gasteiger partial charge in [0.1, 0.15) is 17.0 Å². The van der Waals surface area contributed by atoms with Crippen molar-refractivity contribution < 1.29 is 29.0 Å². The monoisotopic (exact) mass is 428 g/mol. The van der Waals surface area contributed by atoms with Crippen molar-refractivity contribution in [2.24, 2.45) is 5.92 Å². The maximum absolute atomic E-state index is 11.5. The SMILES string of the molecule is CC(=O)[C@@H]1CC[C@H](NC(=O)OC(C)(C)C)C1.CC(C)(C)OC(=O)N[C@H]1CC[C@@H](O)C1. The van der Waals surface area contributed by atoms with E-state index in [1.165, 1.54) is 0 Å². The molecule has 0 aliphatic heterocycles. The lowest BCUT2D eigenvalue weighted by Crippen LogP contribution is -2.38. The highest BCUT2D eigenvalue weighted by molar-refractivity contribution is 5.78. The molecule has 2 rings (SSSR count). The number of nitrogens with one attached hydrogen (secondary N) is 2. The minimum Gasteiger partial charge on any atom is -0.444 e. The van der Waals surface area contributed by atoms with Crippen LogP contribution < -0.4 is 10.6 Å². The predicted molar refractivity (Wildman–Crippen MR) is 114 cm³/mol. The van der Waals surface area contributed by atoms with Crippen molar-refractivity contribution in [1.82, 2.24) is 10.6 Å².